The number of ketones is 1. The van der Waals surface area contributed by atoms with Crippen LogP contribution in [0.15, 0.2) is 54.8 Å². The van der Waals surface area contributed by atoms with Crippen molar-refractivity contribution in [2.45, 2.75) is 12.8 Å². The predicted molar refractivity (Wildman–Crippen MR) is 71.4 cm³/mol. The van der Waals surface area contributed by atoms with E-state index in [-0.39, 0.29) is 11.7 Å². The van der Waals surface area contributed by atoms with Crippen molar-refractivity contribution < 1.29 is 9.53 Å². The Bertz CT molecular complexity index is 522. The van der Waals surface area contributed by atoms with Crippen LogP contribution in [0, 0.1) is 5.92 Å². The Morgan fingerprint density at radius 1 is 1.32 bits per heavy atom. The van der Waals surface area contributed by atoms with Crippen molar-refractivity contribution in [3.8, 4) is 0 Å². The minimum absolute atomic E-state index is 0.0913. The van der Waals surface area contributed by atoms with Gasteiger partial charge in [-0.05, 0) is 18.4 Å². The number of nitrogens with one attached hydrogen (secondary N) is 1. The summed E-state index contributed by atoms with van der Waals surface area (Å²) in [4.78, 5) is 12.1. The molecule has 1 N–H and O–H groups in total. The normalized spacial score (nSPS) is 21.7. The SMILES string of the molecule is O=C1CNN2C=COC=C2C1CCc1ccccc1. The Morgan fingerprint density at radius 3 is 3.00 bits per heavy atom. The number of aryl methyl sites for hydroxylation is 1. The van der Waals surface area contributed by atoms with Gasteiger partial charge in [0.15, 0.2) is 5.78 Å². The molecule has 2 aliphatic rings. The molecule has 0 saturated carbocycles. The fourth-order valence-corrected chi connectivity index (χ4v) is 2.46. The average Bonchev–Trinajstić information content (AvgIpc) is 2.47. The largest absolute Gasteiger partial charge is 0.469 e. The number of fused-ring (bicyclic) bond motifs is 1. The highest BCUT2D eigenvalue weighted by molar-refractivity contribution is 5.86. The average molecular weight is 256 g/mol. The van der Waals surface area contributed by atoms with Crippen LogP contribution in [0.25, 0.3) is 0 Å². The lowest BCUT2D eigenvalue weighted by atomic mass is 9.91. The van der Waals surface area contributed by atoms with Crippen LogP contribution >= 0.6 is 0 Å². The smallest absolute Gasteiger partial charge is 0.157 e. The zero-order chi connectivity index (χ0) is 13.1. The number of hydrogen-bond acceptors (Lipinski definition) is 4. The third-order valence-corrected chi connectivity index (χ3v) is 3.49. The summed E-state index contributed by atoms with van der Waals surface area (Å²) in [6, 6.07) is 10.2. The quantitative estimate of drug-likeness (QED) is 0.897. The van der Waals surface area contributed by atoms with E-state index in [1.165, 1.54) is 5.56 Å². The van der Waals surface area contributed by atoms with E-state index in [0.717, 1.165) is 18.5 Å². The summed E-state index contributed by atoms with van der Waals surface area (Å²) in [7, 11) is 0. The van der Waals surface area contributed by atoms with Gasteiger partial charge in [0, 0.05) is 0 Å². The van der Waals surface area contributed by atoms with Gasteiger partial charge in [0.25, 0.3) is 0 Å². The fourth-order valence-electron chi connectivity index (χ4n) is 2.46. The summed E-state index contributed by atoms with van der Waals surface area (Å²) in [6.07, 6.45) is 6.76. The Kier molecular flexibility index (Phi) is 3.33. The van der Waals surface area contributed by atoms with Crippen LogP contribution in [0.4, 0.5) is 0 Å². The van der Waals surface area contributed by atoms with E-state index in [9.17, 15) is 4.79 Å². The highest BCUT2D eigenvalue weighted by Crippen LogP contribution is 2.26. The number of benzene rings is 1. The van der Waals surface area contributed by atoms with Crippen LogP contribution in [0.2, 0.25) is 0 Å². The molecule has 2 heterocycles. The fraction of sp³-hybridized carbons (Fsp3) is 0.267. The van der Waals surface area contributed by atoms with E-state index in [1.54, 1.807) is 18.7 Å². The number of carbonyl (C=O) groups excluding carboxylic acids is 1. The Morgan fingerprint density at radius 2 is 2.16 bits per heavy atom. The Labute approximate surface area is 112 Å². The zero-order valence-corrected chi connectivity index (χ0v) is 10.6. The molecule has 1 aromatic carbocycles. The maximum Gasteiger partial charge on any atom is 0.157 e. The first kappa shape index (κ1) is 12.0. The van der Waals surface area contributed by atoms with Crippen LogP contribution in [-0.4, -0.2) is 17.3 Å². The van der Waals surface area contributed by atoms with E-state index in [4.69, 9.17) is 4.74 Å². The van der Waals surface area contributed by atoms with E-state index in [2.05, 4.69) is 17.6 Å². The first-order valence-electron chi connectivity index (χ1n) is 6.46. The number of carbonyl (C=O) groups is 1. The van der Waals surface area contributed by atoms with Gasteiger partial charge in [-0.3, -0.25) is 9.80 Å². The summed E-state index contributed by atoms with van der Waals surface area (Å²) < 4.78 is 5.19. The van der Waals surface area contributed by atoms with Crippen LogP contribution in [-0.2, 0) is 16.0 Å². The molecule has 2 aliphatic heterocycles. The lowest BCUT2D eigenvalue weighted by molar-refractivity contribution is -0.124. The second-order valence-electron chi connectivity index (χ2n) is 4.71. The van der Waals surface area contributed by atoms with Gasteiger partial charge in [-0.2, -0.15) is 0 Å². The molecule has 0 aliphatic carbocycles. The van der Waals surface area contributed by atoms with Crippen molar-refractivity contribution in [2.75, 3.05) is 6.54 Å². The molecule has 19 heavy (non-hydrogen) atoms. The van der Waals surface area contributed by atoms with Gasteiger partial charge in [-0.1, -0.05) is 30.3 Å². The number of ether oxygens (including phenoxy) is 1. The Hall–Kier alpha value is -2.07. The molecule has 1 fully saturated rings. The second-order valence-corrected chi connectivity index (χ2v) is 4.71. The molecule has 0 spiro atoms. The Balaban J connectivity index is 1.71. The van der Waals surface area contributed by atoms with Gasteiger partial charge in [0.2, 0.25) is 0 Å². The number of rotatable bonds is 3. The third kappa shape index (κ3) is 2.53. The van der Waals surface area contributed by atoms with E-state index < -0.39 is 0 Å². The summed E-state index contributed by atoms with van der Waals surface area (Å²) in [5, 5.41) is 1.88. The molecule has 0 radical (unpaired) electrons. The van der Waals surface area contributed by atoms with Crippen LogP contribution < -0.4 is 5.43 Å². The van der Waals surface area contributed by atoms with Crippen molar-refractivity contribution in [3.63, 3.8) is 0 Å². The molecular formula is C15H16N2O2. The molecule has 4 nitrogen and oxygen atoms in total. The molecule has 1 unspecified atom stereocenters. The monoisotopic (exact) mass is 256 g/mol. The molecule has 0 bridgehead atoms. The van der Waals surface area contributed by atoms with Crippen LogP contribution in [0.1, 0.15) is 12.0 Å². The maximum atomic E-state index is 12.1. The number of hydrazine groups is 1. The van der Waals surface area contributed by atoms with Gasteiger partial charge in [0.05, 0.1) is 24.4 Å². The van der Waals surface area contributed by atoms with Crippen molar-refractivity contribution >= 4 is 5.78 Å². The van der Waals surface area contributed by atoms with E-state index in [1.807, 2.05) is 23.2 Å². The first-order chi connectivity index (χ1) is 9.34. The lowest BCUT2D eigenvalue weighted by Crippen LogP contribution is -2.48. The van der Waals surface area contributed by atoms with Gasteiger partial charge >= 0.3 is 0 Å². The van der Waals surface area contributed by atoms with Gasteiger partial charge < -0.3 is 4.74 Å². The predicted octanol–water partition coefficient (Wildman–Crippen LogP) is 1.97. The summed E-state index contributed by atoms with van der Waals surface area (Å²) in [5.74, 6) is 0.128. The zero-order valence-electron chi connectivity index (χ0n) is 10.6. The molecule has 3 rings (SSSR count). The number of hydrogen-bond donors (Lipinski definition) is 1. The summed E-state index contributed by atoms with van der Waals surface area (Å²) in [5.41, 5.74) is 5.20. The molecule has 1 aromatic rings. The lowest BCUT2D eigenvalue weighted by Gasteiger charge is -2.35. The molecule has 1 saturated heterocycles. The number of Topliss-reactive ketones (excluding diaryl/α,β-unsaturated/α-hetero) is 1. The topological polar surface area (TPSA) is 41.6 Å². The summed E-state index contributed by atoms with van der Waals surface area (Å²) >= 11 is 0. The minimum Gasteiger partial charge on any atom is -0.469 e. The van der Waals surface area contributed by atoms with Crippen LogP contribution in [0.5, 0.6) is 0 Å². The van der Waals surface area contributed by atoms with Crippen LogP contribution in [0.3, 0.4) is 0 Å². The van der Waals surface area contributed by atoms with E-state index >= 15 is 0 Å². The molecule has 4 heteroatoms. The number of nitrogens with zero attached hydrogens (tertiary/aromatic N) is 1. The highest BCUT2D eigenvalue weighted by atomic mass is 16.5. The van der Waals surface area contributed by atoms with Crippen molar-refractivity contribution in [1.82, 2.24) is 10.4 Å². The summed E-state index contributed by atoms with van der Waals surface area (Å²) in [6.45, 7) is 0.376. The first-order valence-corrected chi connectivity index (χ1v) is 6.46. The molecule has 0 amide bonds. The second kappa shape index (κ2) is 5.28. The molecule has 98 valence electrons. The number of allylic oxidation sites excluding steroid dienone is 1. The van der Waals surface area contributed by atoms with E-state index in [0.29, 0.717) is 6.54 Å². The minimum atomic E-state index is -0.0913. The molecule has 0 aromatic heterocycles. The van der Waals surface area contributed by atoms with Crippen molar-refractivity contribution in [3.05, 3.63) is 60.3 Å². The van der Waals surface area contributed by atoms with Gasteiger partial charge in [-0.25, -0.2) is 5.43 Å². The molecule has 1 atom stereocenters. The van der Waals surface area contributed by atoms with Crippen molar-refractivity contribution in [2.24, 2.45) is 5.92 Å². The van der Waals surface area contributed by atoms with Crippen molar-refractivity contribution in [1.29, 1.82) is 0 Å². The standard InChI is InChI=1S/C15H16N2O2/c18-15-10-16-17-8-9-19-11-14(17)13(15)7-6-12-4-2-1-3-5-12/h1-5,8-9,11,13,16H,6-7,10H2. The van der Waals surface area contributed by atoms with Gasteiger partial charge in [-0.15, -0.1) is 0 Å². The maximum absolute atomic E-state index is 12.1. The molecular weight excluding hydrogens is 240 g/mol. The third-order valence-electron chi connectivity index (χ3n) is 3.49. The highest BCUT2D eigenvalue weighted by Gasteiger charge is 2.32. The van der Waals surface area contributed by atoms with Gasteiger partial charge in [0.1, 0.15) is 12.5 Å².